The van der Waals surface area contributed by atoms with Crippen molar-refractivity contribution in [3.63, 3.8) is 0 Å². The zero-order valence-electron chi connectivity index (χ0n) is 13.3. The first-order valence-electron chi connectivity index (χ1n) is 7.50. The van der Waals surface area contributed by atoms with Crippen LogP contribution in [0.4, 0.5) is 0 Å². The Balaban J connectivity index is 2.10. The summed E-state index contributed by atoms with van der Waals surface area (Å²) in [6.07, 6.45) is 1.48. The fourth-order valence-corrected chi connectivity index (χ4v) is 3.34. The van der Waals surface area contributed by atoms with Crippen molar-refractivity contribution in [2.45, 2.75) is 33.0 Å². The summed E-state index contributed by atoms with van der Waals surface area (Å²) in [6, 6.07) is 5.04. The molecule has 0 aliphatic rings. The molecule has 0 aliphatic carbocycles. The van der Waals surface area contributed by atoms with E-state index in [9.17, 15) is 14.4 Å². The van der Waals surface area contributed by atoms with Crippen LogP contribution in [0.3, 0.4) is 0 Å². The molecule has 1 amide bonds. The second-order valence-corrected chi connectivity index (χ2v) is 6.61. The van der Waals surface area contributed by atoms with Crippen LogP contribution in [0.1, 0.15) is 19.6 Å². The Labute approximate surface area is 141 Å². The third-order valence-corrected chi connectivity index (χ3v) is 4.37. The molecule has 0 aliphatic heterocycles. The molecule has 126 valence electrons. The van der Waals surface area contributed by atoms with Gasteiger partial charge in [-0.3, -0.25) is 18.7 Å². The second kappa shape index (κ2) is 6.48. The standard InChI is InChI=1S/C16H17N3O4S/c1-10(2)17-13(20)9-18-12-5-7-24-14(12)15(21)19(16(18)22)8-11-4-3-6-23-11/h3-7,10H,8-9H2,1-2H3,(H,17,20). The van der Waals surface area contributed by atoms with Gasteiger partial charge in [0.2, 0.25) is 5.91 Å². The van der Waals surface area contributed by atoms with Crippen molar-refractivity contribution in [2.24, 2.45) is 0 Å². The lowest BCUT2D eigenvalue weighted by atomic mass is 10.3. The number of carbonyl (C=O) groups is 1. The number of rotatable bonds is 5. The number of hydrogen-bond acceptors (Lipinski definition) is 5. The van der Waals surface area contributed by atoms with Gasteiger partial charge in [0.15, 0.2) is 0 Å². The monoisotopic (exact) mass is 347 g/mol. The number of carbonyl (C=O) groups excluding carboxylic acids is 1. The number of hydrogen-bond donors (Lipinski definition) is 1. The molecule has 0 fully saturated rings. The molecule has 24 heavy (non-hydrogen) atoms. The maximum Gasteiger partial charge on any atom is 0.332 e. The first kappa shape index (κ1) is 16.3. The predicted octanol–water partition coefficient (Wildman–Crippen LogP) is 1.39. The van der Waals surface area contributed by atoms with Gasteiger partial charge in [0.25, 0.3) is 5.56 Å². The van der Waals surface area contributed by atoms with Crippen molar-refractivity contribution in [3.8, 4) is 0 Å². The van der Waals surface area contributed by atoms with E-state index >= 15 is 0 Å². The molecule has 0 atom stereocenters. The zero-order chi connectivity index (χ0) is 17.3. The average Bonchev–Trinajstić information content (AvgIpc) is 3.18. The Morgan fingerprint density at radius 2 is 2.08 bits per heavy atom. The fraction of sp³-hybridized carbons (Fsp3) is 0.312. The number of aromatic nitrogens is 2. The highest BCUT2D eigenvalue weighted by molar-refractivity contribution is 7.17. The van der Waals surface area contributed by atoms with Gasteiger partial charge in [-0.25, -0.2) is 4.79 Å². The van der Waals surface area contributed by atoms with E-state index in [2.05, 4.69) is 5.32 Å². The molecular formula is C16H17N3O4S. The van der Waals surface area contributed by atoms with Crippen LogP contribution >= 0.6 is 11.3 Å². The van der Waals surface area contributed by atoms with E-state index in [4.69, 9.17) is 4.42 Å². The highest BCUT2D eigenvalue weighted by Crippen LogP contribution is 2.15. The number of amides is 1. The van der Waals surface area contributed by atoms with Crippen LogP contribution in [-0.4, -0.2) is 21.1 Å². The van der Waals surface area contributed by atoms with Gasteiger partial charge in [0.05, 0.1) is 18.3 Å². The van der Waals surface area contributed by atoms with Gasteiger partial charge in [-0.2, -0.15) is 0 Å². The summed E-state index contributed by atoms with van der Waals surface area (Å²) in [7, 11) is 0. The summed E-state index contributed by atoms with van der Waals surface area (Å²) < 4.78 is 8.10. The minimum atomic E-state index is -0.527. The first-order chi connectivity index (χ1) is 11.5. The van der Waals surface area contributed by atoms with Crippen molar-refractivity contribution in [3.05, 3.63) is 56.4 Å². The molecule has 0 spiro atoms. The van der Waals surface area contributed by atoms with Crippen molar-refractivity contribution < 1.29 is 9.21 Å². The number of furan rings is 1. The van der Waals surface area contributed by atoms with E-state index in [1.165, 1.54) is 22.2 Å². The number of thiophene rings is 1. The molecule has 8 heteroatoms. The van der Waals surface area contributed by atoms with Crippen molar-refractivity contribution in [2.75, 3.05) is 0 Å². The van der Waals surface area contributed by atoms with Crippen LogP contribution in [0.25, 0.3) is 10.2 Å². The van der Waals surface area contributed by atoms with E-state index in [0.717, 1.165) is 4.57 Å². The summed E-state index contributed by atoms with van der Waals surface area (Å²) in [5.41, 5.74) is -0.423. The summed E-state index contributed by atoms with van der Waals surface area (Å²) in [6.45, 7) is 3.59. The molecule has 0 unspecified atom stereocenters. The van der Waals surface area contributed by atoms with E-state index < -0.39 is 5.69 Å². The summed E-state index contributed by atoms with van der Waals surface area (Å²) in [4.78, 5) is 37.4. The first-order valence-corrected chi connectivity index (χ1v) is 8.38. The minimum Gasteiger partial charge on any atom is -0.467 e. The third kappa shape index (κ3) is 3.05. The molecule has 0 bridgehead atoms. The number of nitrogens with one attached hydrogen (secondary N) is 1. The van der Waals surface area contributed by atoms with Gasteiger partial charge in [-0.15, -0.1) is 11.3 Å². The van der Waals surface area contributed by atoms with E-state index in [1.54, 1.807) is 23.6 Å². The smallest absolute Gasteiger partial charge is 0.332 e. The second-order valence-electron chi connectivity index (χ2n) is 5.70. The van der Waals surface area contributed by atoms with Gasteiger partial charge < -0.3 is 9.73 Å². The van der Waals surface area contributed by atoms with E-state index in [0.29, 0.717) is 16.0 Å². The lowest BCUT2D eigenvalue weighted by Crippen LogP contribution is -2.43. The van der Waals surface area contributed by atoms with Gasteiger partial charge in [-0.1, -0.05) is 0 Å². The van der Waals surface area contributed by atoms with Gasteiger partial charge >= 0.3 is 5.69 Å². The van der Waals surface area contributed by atoms with E-state index in [1.807, 2.05) is 13.8 Å². The maximum absolute atomic E-state index is 12.8. The Morgan fingerprint density at radius 1 is 1.29 bits per heavy atom. The minimum absolute atomic E-state index is 0.0276. The molecule has 1 N–H and O–H groups in total. The molecule has 3 aromatic heterocycles. The molecule has 3 aromatic rings. The Hall–Kier alpha value is -2.61. The van der Waals surface area contributed by atoms with Crippen molar-refractivity contribution in [1.82, 2.24) is 14.5 Å². The average molecular weight is 347 g/mol. The van der Waals surface area contributed by atoms with Crippen LogP contribution in [0.15, 0.2) is 43.8 Å². The summed E-state index contributed by atoms with van der Waals surface area (Å²) in [5, 5.41) is 4.49. The lowest BCUT2D eigenvalue weighted by molar-refractivity contribution is -0.122. The Bertz CT molecular complexity index is 979. The van der Waals surface area contributed by atoms with Crippen LogP contribution in [0.2, 0.25) is 0 Å². The lowest BCUT2D eigenvalue weighted by Gasteiger charge is -2.13. The largest absolute Gasteiger partial charge is 0.467 e. The highest BCUT2D eigenvalue weighted by Gasteiger charge is 2.17. The predicted molar refractivity (Wildman–Crippen MR) is 91.4 cm³/mol. The molecule has 0 saturated heterocycles. The van der Waals surface area contributed by atoms with Crippen molar-refractivity contribution in [1.29, 1.82) is 0 Å². The quantitative estimate of drug-likeness (QED) is 0.756. The SMILES string of the molecule is CC(C)NC(=O)Cn1c(=O)n(Cc2ccco2)c(=O)c2sccc21. The van der Waals surface area contributed by atoms with Gasteiger partial charge in [0.1, 0.15) is 17.0 Å². The normalized spacial score (nSPS) is 11.3. The molecule has 0 saturated carbocycles. The molecule has 0 aromatic carbocycles. The molecule has 0 radical (unpaired) electrons. The van der Waals surface area contributed by atoms with Gasteiger partial charge in [0, 0.05) is 6.04 Å². The number of nitrogens with zero attached hydrogens (tertiary/aromatic N) is 2. The van der Waals surface area contributed by atoms with Crippen LogP contribution < -0.4 is 16.6 Å². The maximum atomic E-state index is 12.8. The molecule has 7 nitrogen and oxygen atoms in total. The summed E-state index contributed by atoms with van der Waals surface area (Å²) in [5.74, 6) is 0.228. The topological polar surface area (TPSA) is 86.2 Å². The highest BCUT2D eigenvalue weighted by atomic mass is 32.1. The van der Waals surface area contributed by atoms with Crippen molar-refractivity contribution >= 4 is 27.5 Å². The van der Waals surface area contributed by atoms with E-state index in [-0.39, 0.29) is 30.6 Å². The summed E-state index contributed by atoms with van der Waals surface area (Å²) >= 11 is 1.25. The Kier molecular flexibility index (Phi) is 4.39. The molecular weight excluding hydrogens is 330 g/mol. The molecule has 3 heterocycles. The molecule has 3 rings (SSSR count). The Morgan fingerprint density at radius 3 is 2.75 bits per heavy atom. The van der Waals surface area contributed by atoms with Gasteiger partial charge in [-0.05, 0) is 37.4 Å². The van der Waals surface area contributed by atoms with Crippen LogP contribution in [0.5, 0.6) is 0 Å². The number of fused-ring (bicyclic) bond motifs is 1. The zero-order valence-corrected chi connectivity index (χ0v) is 14.1. The fourth-order valence-electron chi connectivity index (χ4n) is 2.50. The van der Waals surface area contributed by atoms with Crippen LogP contribution in [0, 0.1) is 0 Å². The van der Waals surface area contributed by atoms with Crippen LogP contribution in [-0.2, 0) is 17.9 Å². The third-order valence-electron chi connectivity index (χ3n) is 3.48.